The average molecular weight is 295 g/mol. The van der Waals surface area contributed by atoms with E-state index in [1.165, 1.54) is 0 Å². The molecular weight excluding hydrogens is 279 g/mol. The molecule has 15 heavy (non-hydrogen) atoms. The number of benzene rings is 1. The third-order valence-electron chi connectivity index (χ3n) is 2.05. The summed E-state index contributed by atoms with van der Waals surface area (Å²) in [5.41, 5.74) is 1.16. The van der Waals surface area contributed by atoms with Crippen LogP contribution in [0.4, 0.5) is 0 Å². The summed E-state index contributed by atoms with van der Waals surface area (Å²) < 4.78 is 15.9. The maximum atomic E-state index is 5.31. The van der Waals surface area contributed by atoms with Crippen molar-refractivity contribution in [3.05, 3.63) is 35.9 Å². The lowest BCUT2D eigenvalue weighted by Gasteiger charge is -2.16. The second-order valence-electron chi connectivity index (χ2n) is 2.80. The van der Waals surface area contributed by atoms with Crippen molar-refractivity contribution >= 4 is 7.94 Å². The summed E-state index contributed by atoms with van der Waals surface area (Å²) >= 11 is 0. The Morgan fingerprint density at radius 2 is 1.40 bits per heavy atom. The summed E-state index contributed by atoms with van der Waals surface area (Å²) in [7, 11) is 2.68. The van der Waals surface area contributed by atoms with Crippen molar-refractivity contribution < 1.29 is 30.6 Å². The zero-order chi connectivity index (χ0) is 10.4. The summed E-state index contributed by atoms with van der Waals surface area (Å²) in [6, 6.07) is 10.0. The van der Waals surface area contributed by atoms with E-state index in [1.807, 2.05) is 30.3 Å². The van der Waals surface area contributed by atoms with E-state index in [4.69, 9.17) is 13.6 Å². The molecule has 0 fully saturated rings. The summed E-state index contributed by atoms with van der Waals surface area (Å²) in [5.74, 6) is 0. The number of rotatable bonds is 5. The topological polar surface area (TPSA) is 27.7 Å². The molecule has 0 atom stereocenters. The molecule has 0 amide bonds. The van der Waals surface area contributed by atoms with Crippen molar-refractivity contribution in [1.82, 2.24) is 0 Å². The van der Waals surface area contributed by atoms with Gasteiger partial charge in [0.25, 0.3) is 0 Å². The molecule has 1 aromatic rings. The van der Waals surface area contributed by atoms with Crippen molar-refractivity contribution in [3.63, 3.8) is 0 Å². The molecule has 86 valence electrons. The van der Waals surface area contributed by atoms with Gasteiger partial charge in [-0.25, -0.2) is 0 Å². The Bertz CT molecular complexity index is 256. The molecule has 1 aromatic carbocycles. The highest BCUT2D eigenvalue weighted by Crippen LogP contribution is 2.62. The van der Waals surface area contributed by atoms with Crippen LogP contribution in [0.3, 0.4) is 0 Å². The molecule has 3 nitrogen and oxygen atoms in total. The molecule has 0 aromatic heterocycles. The molecule has 0 unspecified atom stereocenters. The second kappa shape index (κ2) is 7.31. The Morgan fingerprint density at radius 3 is 1.80 bits per heavy atom. The molecule has 0 saturated carbocycles. The van der Waals surface area contributed by atoms with Gasteiger partial charge in [-0.2, -0.15) is 13.6 Å². The Kier molecular flexibility index (Phi) is 7.32. The van der Waals surface area contributed by atoms with E-state index in [1.54, 1.807) is 21.3 Å². The van der Waals surface area contributed by atoms with E-state index in [0.717, 1.165) is 5.56 Å². The molecule has 0 aliphatic carbocycles. The van der Waals surface area contributed by atoms with Crippen molar-refractivity contribution in [1.29, 1.82) is 0 Å². The fraction of sp³-hybridized carbons (Fsp3) is 0.400. The lowest BCUT2D eigenvalue weighted by atomic mass is 10.2. The van der Waals surface area contributed by atoms with Gasteiger partial charge in [0.2, 0.25) is 0 Å². The third-order valence-corrected chi connectivity index (χ3v) is 4.48. The van der Waals surface area contributed by atoms with Crippen molar-refractivity contribution in [2.75, 3.05) is 21.3 Å². The normalized spacial score (nSPS) is 10.9. The highest BCUT2D eigenvalue weighted by Gasteiger charge is 2.41. The Balaban J connectivity index is 0.00000196. The fourth-order valence-corrected chi connectivity index (χ4v) is 2.72. The van der Waals surface area contributed by atoms with E-state index in [9.17, 15) is 0 Å². The SMILES string of the molecule is CO[P+](Cc1ccccc1)(OC)OC.[Br-]. The van der Waals surface area contributed by atoms with Crippen LogP contribution in [0.25, 0.3) is 0 Å². The van der Waals surface area contributed by atoms with Crippen LogP contribution >= 0.6 is 7.94 Å². The third kappa shape index (κ3) is 4.17. The maximum Gasteiger partial charge on any atom is 0.415 e. The Hall–Kier alpha value is 0.0100. The lowest BCUT2D eigenvalue weighted by Crippen LogP contribution is -3.00. The maximum absolute atomic E-state index is 5.31. The molecule has 0 N–H and O–H groups in total. The second-order valence-corrected chi connectivity index (χ2v) is 5.44. The van der Waals surface area contributed by atoms with Crippen molar-refractivity contribution in [2.24, 2.45) is 0 Å². The van der Waals surface area contributed by atoms with Crippen LogP contribution in [0.2, 0.25) is 0 Å². The van der Waals surface area contributed by atoms with Gasteiger partial charge in [0.05, 0.1) is 21.3 Å². The number of halogens is 1. The summed E-state index contributed by atoms with van der Waals surface area (Å²) in [6.07, 6.45) is 0.678. The van der Waals surface area contributed by atoms with Crippen LogP contribution in [0, 0.1) is 0 Å². The first-order valence-electron chi connectivity index (χ1n) is 4.35. The van der Waals surface area contributed by atoms with Gasteiger partial charge in [0, 0.05) is 0 Å². The van der Waals surface area contributed by atoms with E-state index in [2.05, 4.69) is 0 Å². The zero-order valence-electron chi connectivity index (χ0n) is 9.14. The summed E-state index contributed by atoms with van der Waals surface area (Å²) in [5, 5.41) is 0. The van der Waals surface area contributed by atoms with E-state index in [0.29, 0.717) is 6.16 Å². The predicted molar refractivity (Wildman–Crippen MR) is 58.1 cm³/mol. The van der Waals surface area contributed by atoms with Crippen LogP contribution in [-0.2, 0) is 19.7 Å². The first-order chi connectivity index (χ1) is 6.76. The van der Waals surface area contributed by atoms with Gasteiger partial charge in [-0.3, -0.25) is 0 Å². The minimum atomic E-state index is -2.16. The van der Waals surface area contributed by atoms with E-state index < -0.39 is 7.94 Å². The average Bonchev–Trinajstić information content (AvgIpc) is 2.28. The first kappa shape index (κ1) is 15.0. The van der Waals surface area contributed by atoms with Crippen molar-refractivity contribution in [2.45, 2.75) is 6.16 Å². The minimum Gasteiger partial charge on any atom is -1.00 e. The highest BCUT2D eigenvalue weighted by atomic mass is 79.9. The molecule has 0 radical (unpaired) electrons. The summed E-state index contributed by atoms with van der Waals surface area (Å²) in [4.78, 5) is 0. The molecule has 5 heteroatoms. The molecule has 0 aliphatic rings. The first-order valence-corrected chi connectivity index (χ1v) is 6.08. The Morgan fingerprint density at radius 1 is 0.933 bits per heavy atom. The van der Waals surface area contributed by atoms with Gasteiger partial charge in [-0.15, -0.1) is 0 Å². The minimum absolute atomic E-state index is 0. The molecule has 1 rings (SSSR count). The lowest BCUT2D eigenvalue weighted by molar-refractivity contribution is -0.00000601. The molecule has 0 saturated heterocycles. The van der Waals surface area contributed by atoms with Crippen LogP contribution < -0.4 is 17.0 Å². The van der Waals surface area contributed by atoms with Crippen LogP contribution in [0.15, 0.2) is 30.3 Å². The highest BCUT2D eigenvalue weighted by molar-refractivity contribution is 7.60. The van der Waals surface area contributed by atoms with Gasteiger partial charge >= 0.3 is 7.94 Å². The number of hydrogen-bond donors (Lipinski definition) is 0. The van der Waals surface area contributed by atoms with Gasteiger partial charge in [0.1, 0.15) is 0 Å². The van der Waals surface area contributed by atoms with E-state index >= 15 is 0 Å². The molecule has 0 bridgehead atoms. The monoisotopic (exact) mass is 294 g/mol. The number of hydrogen-bond acceptors (Lipinski definition) is 3. The van der Waals surface area contributed by atoms with Gasteiger partial charge < -0.3 is 17.0 Å². The standard InChI is InChI=1S/C10H16O3P.BrH/c1-11-14(12-2,13-3)9-10-7-5-4-6-8-10;/h4-8H,9H2,1-3H3;1H/q+1;/p-1. The quantitative estimate of drug-likeness (QED) is 0.710. The van der Waals surface area contributed by atoms with Crippen LogP contribution in [0.5, 0.6) is 0 Å². The smallest absolute Gasteiger partial charge is 0.415 e. The molecule has 0 aliphatic heterocycles. The van der Waals surface area contributed by atoms with E-state index in [-0.39, 0.29) is 17.0 Å². The Labute approximate surface area is 102 Å². The predicted octanol–water partition coefficient (Wildman–Crippen LogP) is -0.108. The zero-order valence-corrected chi connectivity index (χ0v) is 11.6. The summed E-state index contributed by atoms with van der Waals surface area (Å²) in [6.45, 7) is 0. The molecule has 0 spiro atoms. The van der Waals surface area contributed by atoms with Gasteiger partial charge in [-0.05, 0) is 5.56 Å². The van der Waals surface area contributed by atoms with Crippen molar-refractivity contribution in [3.8, 4) is 0 Å². The molecular formula is C10H16BrO3P. The van der Waals surface area contributed by atoms with Crippen LogP contribution in [-0.4, -0.2) is 21.3 Å². The van der Waals surface area contributed by atoms with Gasteiger partial charge in [0.15, 0.2) is 6.16 Å². The fourth-order valence-electron chi connectivity index (χ4n) is 1.22. The largest absolute Gasteiger partial charge is 1.00 e. The van der Waals surface area contributed by atoms with Gasteiger partial charge in [-0.1, -0.05) is 30.3 Å². The van der Waals surface area contributed by atoms with Crippen LogP contribution in [0.1, 0.15) is 5.56 Å². The molecule has 0 heterocycles.